The minimum absolute atomic E-state index is 0.0598. The monoisotopic (exact) mass is 335 g/mol. The fourth-order valence-corrected chi connectivity index (χ4v) is 4.98. The number of rotatable bonds is 1. The highest BCUT2D eigenvalue weighted by molar-refractivity contribution is 5.66. The van der Waals surface area contributed by atoms with Gasteiger partial charge < -0.3 is 15.1 Å². The van der Waals surface area contributed by atoms with Crippen molar-refractivity contribution in [3.8, 4) is 0 Å². The van der Waals surface area contributed by atoms with Crippen molar-refractivity contribution in [2.75, 3.05) is 6.54 Å². The summed E-state index contributed by atoms with van der Waals surface area (Å²) in [7, 11) is 0. The van der Waals surface area contributed by atoms with Crippen molar-refractivity contribution in [3.63, 3.8) is 0 Å². The van der Waals surface area contributed by atoms with Gasteiger partial charge in [0, 0.05) is 18.5 Å². The van der Waals surface area contributed by atoms with Crippen LogP contribution in [0.5, 0.6) is 0 Å². The summed E-state index contributed by atoms with van der Waals surface area (Å²) in [6, 6.07) is 6.21. The molecule has 0 bridgehead atoms. The minimum atomic E-state index is -0.892. The SMILES string of the molecule is CC(C)(C)C1[C@@H]2CC[C@H](O)[C@@H](c3ccc(F)cc3)[C@@H]2CN1C(=O)O. The molecular formula is C19H26FNO3. The number of carbonyl (C=O) groups is 1. The fourth-order valence-electron chi connectivity index (χ4n) is 4.98. The summed E-state index contributed by atoms with van der Waals surface area (Å²) in [4.78, 5) is 13.3. The average molecular weight is 335 g/mol. The van der Waals surface area contributed by atoms with E-state index in [1.54, 1.807) is 17.0 Å². The molecule has 2 fully saturated rings. The van der Waals surface area contributed by atoms with Gasteiger partial charge in [-0.05, 0) is 47.8 Å². The molecule has 132 valence electrons. The summed E-state index contributed by atoms with van der Waals surface area (Å²) in [6.07, 6.45) is 0.0844. The largest absolute Gasteiger partial charge is 0.465 e. The van der Waals surface area contributed by atoms with E-state index in [2.05, 4.69) is 20.8 Å². The van der Waals surface area contributed by atoms with Crippen LogP contribution in [-0.4, -0.2) is 39.9 Å². The topological polar surface area (TPSA) is 60.8 Å². The normalized spacial score (nSPS) is 33.4. The zero-order valence-electron chi connectivity index (χ0n) is 14.4. The van der Waals surface area contributed by atoms with Gasteiger partial charge in [0.1, 0.15) is 5.82 Å². The first-order valence-electron chi connectivity index (χ1n) is 8.63. The molecule has 0 radical (unpaired) electrons. The van der Waals surface area contributed by atoms with Gasteiger partial charge in [0.15, 0.2) is 0 Å². The van der Waals surface area contributed by atoms with Crippen LogP contribution in [0, 0.1) is 23.1 Å². The Morgan fingerprint density at radius 1 is 1.17 bits per heavy atom. The molecule has 1 aromatic carbocycles. The quantitative estimate of drug-likeness (QED) is 0.822. The number of hydrogen-bond donors (Lipinski definition) is 2. The highest BCUT2D eigenvalue weighted by Crippen LogP contribution is 2.51. The Bertz CT molecular complexity index is 610. The first kappa shape index (κ1) is 17.2. The van der Waals surface area contributed by atoms with Crippen molar-refractivity contribution in [2.45, 2.75) is 51.7 Å². The number of nitrogens with zero attached hydrogens (tertiary/aromatic N) is 1. The number of halogens is 1. The zero-order valence-corrected chi connectivity index (χ0v) is 14.4. The second-order valence-corrected chi connectivity index (χ2v) is 8.30. The third kappa shape index (κ3) is 2.90. The predicted molar refractivity (Wildman–Crippen MR) is 89.3 cm³/mol. The van der Waals surface area contributed by atoms with Crippen molar-refractivity contribution in [1.82, 2.24) is 4.90 Å². The lowest BCUT2D eigenvalue weighted by Gasteiger charge is -2.42. The maximum Gasteiger partial charge on any atom is 0.407 e. The minimum Gasteiger partial charge on any atom is -0.465 e. The molecule has 1 amide bonds. The molecule has 5 atom stereocenters. The molecule has 24 heavy (non-hydrogen) atoms. The second-order valence-electron chi connectivity index (χ2n) is 8.30. The van der Waals surface area contributed by atoms with E-state index in [4.69, 9.17) is 0 Å². The maximum atomic E-state index is 13.3. The molecule has 3 rings (SSSR count). The van der Waals surface area contributed by atoms with E-state index in [9.17, 15) is 19.4 Å². The van der Waals surface area contributed by atoms with Crippen LogP contribution in [0.1, 0.15) is 45.1 Å². The number of aliphatic hydroxyl groups is 1. The smallest absolute Gasteiger partial charge is 0.407 e. The third-order valence-corrected chi connectivity index (χ3v) is 5.76. The third-order valence-electron chi connectivity index (χ3n) is 5.76. The summed E-state index contributed by atoms with van der Waals surface area (Å²) in [5.74, 6) is -0.149. The Hall–Kier alpha value is -1.62. The van der Waals surface area contributed by atoms with Crippen LogP contribution >= 0.6 is 0 Å². The molecule has 5 heteroatoms. The molecule has 1 aliphatic carbocycles. The lowest BCUT2D eigenvalue weighted by atomic mass is 9.64. The van der Waals surface area contributed by atoms with Crippen molar-refractivity contribution in [1.29, 1.82) is 0 Å². The number of hydrogen-bond acceptors (Lipinski definition) is 2. The van der Waals surface area contributed by atoms with Gasteiger partial charge in [-0.15, -0.1) is 0 Å². The maximum absolute atomic E-state index is 13.3. The molecule has 2 aliphatic rings. The van der Waals surface area contributed by atoms with Gasteiger partial charge in [0.25, 0.3) is 0 Å². The molecular weight excluding hydrogens is 309 g/mol. The van der Waals surface area contributed by atoms with Gasteiger partial charge in [-0.25, -0.2) is 9.18 Å². The molecule has 2 N–H and O–H groups in total. The highest BCUT2D eigenvalue weighted by atomic mass is 19.1. The van der Waals surface area contributed by atoms with Crippen molar-refractivity contribution >= 4 is 6.09 Å². The highest BCUT2D eigenvalue weighted by Gasteiger charge is 2.54. The van der Waals surface area contributed by atoms with Gasteiger partial charge in [0.2, 0.25) is 0 Å². The van der Waals surface area contributed by atoms with Gasteiger partial charge in [-0.1, -0.05) is 32.9 Å². The summed E-state index contributed by atoms with van der Waals surface area (Å²) in [6.45, 7) is 6.66. The number of carboxylic acid groups (broad SMARTS) is 1. The van der Waals surface area contributed by atoms with Crippen LogP contribution < -0.4 is 0 Å². The van der Waals surface area contributed by atoms with E-state index in [0.717, 1.165) is 12.0 Å². The Kier molecular flexibility index (Phi) is 4.32. The summed E-state index contributed by atoms with van der Waals surface area (Å²) < 4.78 is 13.3. The zero-order chi connectivity index (χ0) is 17.6. The standard InChI is InChI=1S/C19H26FNO3/c1-19(2,3)17-13-8-9-15(22)16(11-4-6-12(20)7-5-11)14(13)10-21(17)18(23)24/h4-7,13-17,22H,8-10H2,1-3H3,(H,23,24)/t13-,14-,15+,16+,17?/m1/s1. The summed E-state index contributed by atoms with van der Waals surface area (Å²) in [5, 5.41) is 20.3. The van der Waals surface area contributed by atoms with E-state index in [0.29, 0.717) is 13.0 Å². The van der Waals surface area contributed by atoms with Gasteiger partial charge in [-0.2, -0.15) is 0 Å². The average Bonchev–Trinajstić information content (AvgIpc) is 2.88. The number of fused-ring (bicyclic) bond motifs is 1. The molecule has 0 aromatic heterocycles. The molecule has 1 aliphatic heterocycles. The van der Waals surface area contributed by atoms with Gasteiger partial charge in [0.05, 0.1) is 6.10 Å². The van der Waals surface area contributed by atoms with Crippen LogP contribution in [0.2, 0.25) is 0 Å². The molecule has 1 aromatic rings. The molecule has 4 nitrogen and oxygen atoms in total. The van der Waals surface area contributed by atoms with Crippen molar-refractivity contribution < 1.29 is 19.4 Å². The Morgan fingerprint density at radius 2 is 1.79 bits per heavy atom. The Labute approximate surface area is 142 Å². The molecule has 1 unspecified atom stereocenters. The lowest BCUT2D eigenvalue weighted by Crippen LogP contribution is -2.46. The number of benzene rings is 1. The second kappa shape index (κ2) is 6.03. The van der Waals surface area contributed by atoms with E-state index in [1.165, 1.54) is 12.1 Å². The number of aliphatic hydroxyl groups excluding tert-OH is 1. The van der Waals surface area contributed by atoms with Crippen LogP contribution in [0.4, 0.5) is 9.18 Å². The van der Waals surface area contributed by atoms with Crippen LogP contribution in [0.15, 0.2) is 24.3 Å². The lowest BCUT2D eigenvalue weighted by molar-refractivity contribution is 0.0383. The first-order valence-corrected chi connectivity index (χ1v) is 8.63. The van der Waals surface area contributed by atoms with Crippen molar-refractivity contribution in [2.24, 2.45) is 17.3 Å². The number of likely N-dealkylation sites (tertiary alicyclic amines) is 1. The van der Waals surface area contributed by atoms with Crippen LogP contribution in [-0.2, 0) is 0 Å². The van der Waals surface area contributed by atoms with E-state index >= 15 is 0 Å². The summed E-state index contributed by atoms with van der Waals surface area (Å²) >= 11 is 0. The molecule has 1 heterocycles. The van der Waals surface area contributed by atoms with E-state index in [1.807, 2.05) is 0 Å². The molecule has 1 saturated heterocycles. The van der Waals surface area contributed by atoms with Gasteiger partial charge in [-0.3, -0.25) is 0 Å². The van der Waals surface area contributed by atoms with E-state index < -0.39 is 12.2 Å². The predicted octanol–water partition coefficient (Wildman–Crippen LogP) is 3.70. The molecule has 1 saturated carbocycles. The fraction of sp³-hybridized carbons (Fsp3) is 0.632. The van der Waals surface area contributed by atoms with Crippen molar-refractivity contribution in [3.05, 3.63) is 35.6 Å². The Balaban J connectivity index is 1.98. The van der Waals surface area contributed by atoms with Gasteiger partial charge >= 0.3 is 6.09 Å². The van der Waals surface area contributed by atoms with Crippen LogP contribution in [0.25, 0.3) is 0 Å². The van der Waals surface area contributed by atoms with E-state index in [-0.39, 0.29) is 35.0 Å². The first-order chi connectivity index (χ1) is 11.2. The Morgan fingerprint density at radius 3 is 2.33 bits per heavy atom. The summed E-state index contributed by atoms with van der Waals surface area (Å²) in [5.41, 5.74) is 0.742. The molecule has 0 spiro atoms. The van der Waals surface area contributed by atoms with Crippen LogP contribution in [0.3, 0.4) is 0 Å². The number of amides is 1.